The molecular weight excluding hydrogens is 405 g/mol. The minimum Gasteiger partial charge on any atom is -0.353 e. The summed E-state index contributed by atoms with van der Waals surface area (Å²) in [5.41, 5.74) is 0.418. The highest BCUT2D eigenvalue weighted by Crippen LogP contribution is 2.32. The minimum absolute atomic E-state index is 0.0953. The summed E-state index contributed by atoms with van der Waals surface area (Å²) in [7, 11) is -1.23. The van der Waals surface area contributed by atoms with E-state index in [-0.39, 0.29) is 48.4 Å². The van der Waals surface area contributed by atoms with Crippen LogP contribution in [0.5, 0.6) is 0 Å². The van der Waals surface area contributed by atoms with E-state index in [1.54, 1.807) is 24.1 Å². The van der Waals surface area contributed by atoms with Crippen LogP contribution in [0.1, 0.15) is 30.9 Å². The van der Waals surface area contributed by atoms with Gasteiger partial charge in [-0.3, -0.25) is 14.6 Å². The molecule has 9 heteroatoms. The third kappa shape index (κ3) is 5.23. The molecule has 1 aromatic rings. The molecule has 1 amide bonds. The normalized spacial score (nSPS) is 23.2. The summed E-state index contributed by atoms with van der Waals surface area (Å²) < 4.78 is 37.7. The molecule has 2 fully saturated rings. The highest BCUT2D eigenvalue weighted by Gasteiger charge is 2.32. The number of halogens is 2. The smallest absolute Gasteiger partial charge is 0.234 e. The number of carbonyl (C=O) groups is 1. The first-order valence-electron chi connectivity index (χ1n) is 9.62. The fourth-order valence-corrected chi connectivity index (χ4v) is 6.14. The second-order valence-corrected chi connectivity index (χ2v) is 10.3. The first kappa shape index (κ1) is 21.5. The predicted octanol–water partition coefficient (Wildman–Crippen LogP) is 1.85. The van der Waals surface area contributed by atoms with Crippen molar-refractivity contribution in [1.82, 2.24) is 15.1 Å². The topological polar surface area (TPSA) is 69.7 Å². The number of rotatable bonds is 7. The lowest BCUT2D eigenvalue weighted by Gasteiger charge is -2.30. The molecule has 6 nitrogen and oxygen atoms in total. The zero-order valence-electron chi connectivity index (χ0n) is 16.0. The van der Waals surface area contributed by atoms with Crippen LogP contribution in [0.3, 0.4) is 0 Å². The molecule has 2 saturated heterocycles. The molecule has 0 spiro atoms. The minimum atomic E-state index is -3.00. The van der Waals surface area contributed by atoms with E-state index < -0.39 is 9.84 Å². The monoisotopic (exact) mass is 431 g/mol. The largest absolute Gasteiger partial charge is 0.353 e. The summed E-state index contributed by atoms with van der Waals surface area (Å²) in [5, 5.41) is 3.25. The number of likely N-dealkylation sites (tertiary alicyclic amines) is 1. The highest BCUT2D eigenvalue weighted by atomic mass is 35.5. The van der Waals surface area contributed by atoms with E-state index in [0.717, 1.165) is 25.9 Å². The van der Waals surface area contributed by atoms with Gasteiger partial charge in [0.15, 0.2) is 9.84 Å². The van der Waals surface area contributed by atoms with Gasteiger partial charge in [0, 0.05) is 23.2 Å². The lowest BCUT2D eigenvalue weighted by Crippen LogP contribution is -2.44. The second kappa shape index (κ2) is 9.07. The van der Waals surface area contributed by atoms with Gasteiger partial charge in [0.05, 0.1) is 24.1 Å². The Kier molecular flexibility index (Phi) is 6.96. The number of sulfone groups is 1. The fraction of sp³-hybridized carbons (Fsp3) is 0.632. The van der Waals surface area contributed by atoms with Crippen molar-refractivity contribution in [3.63, 3.8) is 0 Å². The van der Waals surface area contributed by atoms with Crippen LogP contribution in [-0.2, 0) is 14.6 Å². The number of amides is 1. The molecule has 2 heterocycles. The number of nitrogens with zero attached hydrogens (tertiary/aromatic N) is 2. The number of benzene rings is 1. The van der Waals surface area contributed by atoms with Gasteiger partial charge in [0.2, 0.25) is 5.91 Å². The zero-order chi connectivity index (χ0) is 20.3. The quantitative estimate of drug-likeness (QED) is 0.713. The molecule has 2 atom stereocenters. The van der Waals surface area contributed by atoms with Crippen molar-refractivity contribution >= 4 is 27.3 Å². The van der Waals surface area contributed by atoms with Crippen LogP contribution in [0.2, 0.25) is 5.02 Å². The molecule has 2 aliphatic rings. The van der Waals surface area contributed by atoms with Gasteiger partial charge < -0.3 is 5.32 Å². The lowest BCUT2D eigenvalue weighted by molar-refractivity contribution is -0.122. The van der Waals surface area contributed by atoms with Gasteiger partial charge in [-0.2, -0.15) is 0 Å². The molecule has 156 valence electrons. The van der Waals surface area contributed by atoms with Gasteiger partial charge in [-0.15, -0.1) is 0 Å². The number of likely N-dealkylation sites (N-methyl/N-ethyl adjacent to an activating group) is 1. The molecule has 0 bridgehead atoms. The average molecular weight is 432 g/mol. The summed E-state index contributed by atoms with van der Waals surface area (Å²) in [6.45, 7) is 2.05. The Balaban J connectivity index is 1.63. The fourth-order valence-electron chi connectivity index (χ4n) is 4.04. The van der Waals surface area contributed by atoms with Crippen molar-refractivity contribution < 1.29 is 17.6 Å². The Labute approximate surface area is 170 Å². The maximum absolute atomic E-state index is 14.5. The third-order valence-electron chi connectivity index (χ3n) is 5.63. The molecule has 3 rings (SSSR count). The van der Waals surface area contributed by atoms with Crippen LogP contribution < -0.4 is 5.32 Å². The van der Waals surface area contributed by atoms with Crippen molar-refractivity contribution in [1.29, 1.82) is 0 Å². The SMILES string of the molecule is CN(CC(=O)NC[C@H](c1c(F)cccc1Cl)N1CCCC1)[C@@H]1CCS(=O)(=O)C1. The van der Waals surface area contributed by atoms with Crippen LogP contribution in [0.4, 0.5) is 4.39 Å². The van der Waals surface area contributed by atoms with E-state index in [4.69, 9.17) is 11.6 Å². The van der Waals surface area contributed by atoms with Gasteiger partial charge in [0.25, 0.3) is 0 Å². The summed E-state index contributed by atoms with van der Waals surface area (Å²) in [5.74, 6) is -0.305. The van der Waals surface area contributed by atoms with Crippen molar-refractivity contribution in [2.75, 3.05) is 44.7 Å². The number of nitrogens with one attached hydrogen (secondary N) is 1. The maximum atomic E-state index is 14.5. The molecule has 2 aliphatic heterocycles. The predicted molar refractivity (Wildman–Crippen MR) is 108 cm³/mol. The lowest BCUT2D eigenvalue weighted by atomic mass is 10.0. The van der Waals surface area contributed by atoms with Crippen LogP contribution in [0.15, 0.2) is 18.2 Å². The van der Waals surface area contributed by atoms with Crippen molar-refractivity contribution in [3.05, 3.63) is 34.6 Å². The van der Waals surface area contributed by atoms with E-state index in [1.165, 1.54) is 6.07 Å². The average Bonchev–Trinajstić information content (AvgIpc) is 3.27. The van der Waals surface area contributed by atoms with Gasteiger partial charge in [-0.1, -0.05) is 17.7 Å². The molecule has 0 aromatic heterocycles. The summed E-state index contributed by atoms with van der Waals surface area (Å²) >= 11 is 6.27. The zero-order valence-corrected chi connectivity index (χ0v) is 17.6. The Morgan fingerprint density at radius 2 is 2.11 bits per heavy atom. The van der Waals surface area contributed by atoms with E-state index >= 15 is 0 Å². The Morgan fingerprint density at radius 1 is 1.39 bits per heavy atom. The van der Waals surface area contributed by atoms with E-state index in [9.17, 15) is 17.6 Å². The van der Waals surface area contributed by atoms with E-state index in [0.29, 0.717) is 17.0 Å². The third-order valence-corrected chi connectivity index (χ3v) is 7.71. The number of hydrogen-bond donors (Lipinski definition) is 1. The summed E-state index contributed by atoms with van der Waals surface area (Å²) in [4.78, 5) is 16.4. The maximum Gasteiger partial charge on any atom is 0.234 e. The van der Waals surface area contributed by atoms with Crippen molar-refractivity contribution in [3.8, 4) is 0 Å². The molecule has 0 radical (unpaired) electrons. The highest BCUT2D eigenvalue weighted by molar-refractivity contribution is 7.91. The molecule has 1 aromatic carbocycles. The van der Waals surface area contributed by atoms with Crippen molar-refractivity contribution in [2.45, 2.75) is 31.3 Å². The molecule has 0 saturated carbocycles. The van der Waals surface area contributed by atoms with E-state index in [2.05, 4.69) is 10.2 Å². The number of hydrogen-bond acceptors (Lipinski definition) is 5. The molecular formula is C19H27ClFN3O3S. The molecule has 0 unspecified atom stereocenters. The molecule has 1 N–H and O–H groups in total. The van der Waals surface area contributed by atoms with Crippen LogP contribution in [-0.4, -0.2) is 74.9 Å². The summed E-state index contributed by atoms with van der Waals surface area (Å²) in [6.07, 6.45) is 2.62. The Morgan fingerprint density at radius 3 is 2.71 bits per heavy atom. The van der Waals surface area contributed by atoms with Crippen LogP contribution in [0, 0.1) is 5.82 Å². The van der Waals surface area contributed by atoms with Gasteiger partial charge >= 0.3 is 0 Å². The van der Waals surface area contributed by atoms with Gasteiger partial charge in [-0.05, 0) is 51.5 Å². The van der Waals surface area contributed by atoms with Crippen LogP contribution in [0.25, 0.3) is 0 Å². The molecule has 0 aliphatic carbocycles. The van der Waals surface area contributed by atoms with Crippen LogP contribution >= 0.6 is 11.6 Å². The Bertz CT molecular complexity index is 794. The van der Waals surface area contributed by atoms with Crippen molar-refractivity contribution in [2.24, 2.45) is 0 Å². The number of carbonyl (C=O) groups excluding carboxylic acids is 1. The first-order chi connectivity index (χ1) is 13.3. The van der Waals surface area contributed by atoms with E-state index in [1.807, 2.05) is 0 Å². The Hall–Kier alpha value is -1.22. The summed E-state index contributed by atoms with van der Waals surface area (Å²) in [6, 6.07) is 4.17. The second-order valence-electron chi connectivity index (χ2n) is 7.67. The first-order valence-corrected chi connectivity index (χ1v) is 11.8. The standard InChI is InChI=1S/C19H27ClFN3O3S/c1-23(14-7-10-28(26,27)13-14)12-18(25)22-11-17(24-8-2-3-9-24)19-15(20)5-4-6-16(19)21/h4-6,14,17H,2-3,7-13H2,1H3,(H,22,25)/t14-,17-/m1/s1. The molecule has 28 heavy (non-hydrogen) atoms. The van der Waals surface area contributed by atoms with Gasteiger partial charge in [-0.25, -0.2) is 12.8 Å². The van der Waals surface area contributed by atoms with Gasteiger partial charge in [0.1, 0.15) is 5.82 Å².